The molecule has 8 atom stereocenters. The van der Waals surface area contributed by atoms with E-state index in [2.05, 4.69) is 34.6 Å². The van der Waals surface area contributed by atoms with Crippen molar-refractivity contribution in [1.29, 1.82) is 0 Å². The van der Waals surface area contributed by atoms with Crippen LogP contribution in [0.1, 0.15) is 125 Å². The Balaban J connectivity index is 1.48. The molecule has 0 aromatic carbocycles. The second kappa shape index (κ2) is 8.26. The Morgan fingerprint density at radius 3 is 2.32 bits per heavy atom. The fourth-order valence-corrected chi connectivity index (χ4v) is 9.59. The minimum Gasteiger partial charge on any atom is -0.0651 e. The van der Waals surface area contributed by atoms with Gasteiger partial charge in [-0.05, 0) is 104 Å². The van der Waals surface area contributed by atoms with E-state index in [0.717, 1.165) is 41.4 Å². The summed E-state index contributed by atoms with van der Waals surface area (Å²) in [6, 6.07) is 0. The average Bonchev–Trinajstić information content (AvgIpc) is 3.02. The molecular weight excluding hydrogens is 336 g/mol. The van der Waals surface area contributed by atoms with Crippen LogP contribution in [0.5, 0.6) is 0 Å². The standard InChI is InChI=1S/C28H50/c1-6-21(11-9-10-20(2)3)24-15-16-25-23-14-13-22-12-7-8-18-27(22,4)26(23)17-19-28(24,25)5/h20-26H,6-19H2,1-5H3. The van der Waals surface area contributed by atoms with Gasteiger partial charge in [-0.15, -0.1) is 0 Å². The van der Waals surface area contributed by atoms with Crippen molar-refractivity contribution >= 4 is 0 Å². The van der Waals surface area contributed by atoms with E-state index in [1.165, 1.54) is 38.5 Å². The summed E-state index contributed by atoms with van der Waals surface area (Å²) in [6.07, 6.45) is 21.4. The Kier molecular flexibility index (Phi) is 6.27. The van der Waals surface area contributed by atoms with E-state index in [-0.39, 0.29) is 0 Å². The monoisotopic (exact) mass is 386 g/mol. The van der Waals surface area contributed by atoms with E-state index in [9.17, 15) is 0 Å². The van der Waals surface area contributed by atoms with Crippen LogP contribution >= 0.6 is 0 Å². The highest BCUT2D eigenvalue weighted by Gasteiger charge is 2.60. The maximum Gasteiger partial charge on any atom is -0.0264 e. The van der Waals surface area contributed by atoms with Crippen LogP contribution in [-0.2, 0) is 0 Å². The summed E-state index contributed by atoms with van der Waals surface area (Å²) in [5.41, 5.74) is 1.39. The number of hydrogen-bond acceptors (Lipinski definition) is 0. The fraction of sp³-hybridized carbons (Fsp3) is 1.00. The van der Waals surface area contributed by atoms with Crippen molar-refractivity contribution in [3.8, 4) is 0 Å². The van der Waals surface area contributed by atoms with Crippen LogP contribution in [0.25, 0.3) is 0 Å². The first-order chi connectivity index (χ1) is 13.4. The van der Waals surface area contributed by atoms with Gasteiger partial charge in [0.25, 0.3) is 0 Å². The number of hydrogen-bond donors (Lipinski definition) is 0. The van der Waals surface area contributed by atoms with E-state index >= 15 is 0 Å². The first kappa shape index (κ1) is 21.2. The smallest absolute Gasteiger partial charge is 0.0264 e. The lowest BCUT2D eigenvalue weighted by molar-refractivity contribution is -0.115. The molecule has 0 bridgehead atoms. The maximum atomic E-state index is 2.77. The van der Waals surface area contributed by atoms with E-state index < -0.39 is 0 Å². The van der Waals surface area contributed by atoms with Gasteiger partial charge in [0.15, 0.2) is 0 Å². The van der Waals surface area contributed by atoms with E-state index in [0.29, 0.717) is 10.8 Å². The molecule has 4 rings (SSSR count). The molecule has 0 radical (unpaired) electrons. The number of fused-ring (bicyclic) bond motifs is 5. The minimum atomic E-state index is 0.678. The summed E-state index contributed by atoms with van der Waals surface area (Å²) in [5.74, 6) is 7.21. The zero-order valence-electron chi connectivity index (χ0n) is 19.9. The van der Waals surface area contributed by atoms with Gasteiger partial charge in [0.05, 0.1) is 0 Å². The first-order valence-corrected chi connectivity index (χ1v) is 13.4. The van der Waals surface area contributed by atoms with Gasteiger partial charge in [-0.25, -0.2) is 0 Å². The van der Waals surface area contributed by atoms with Crippen molar-refractivity contribution in [2.24, 2.45) is 52.3 Å². The first-order valence-electron chi connectivity index (χ1n) is 13.4. The molecule has 0 aromatic heterocycles. The molecule has 162 valence electrons. The third-order valence-corrected chi connectivity index (χ3v) is 11.1. The van der Waals surface area contributed by atoms with Crippen molar-refractivity contribution in [3.05, 3.63) is 0 Å². The topological polar surface area (TPSA) is 0 Å². The minimum absolute atomic E-state index is 0.678. The van der Waals surface area contributed by atoms with Crippen LogP contribution in [0.3, 0.4) is 0 Å². The molecule has 4 aliphatic rings. The summed E-state index contributed by atoms with van der Waals surface area (Å²) in [5, 5.41) is 0. The van der Waals surface area contributed by atoms with Gasteiger partial charge in [-0.2, -0.15) is 0 Å². The SMILES string of the molecule is CCC(CCCC(C)C)C1CCC2C3CCC4CCCCC4(C)C3CCC12C. The van der Waals surface area contributed by atoms with Gasteiger partial charge in [-0.1, -0.05) is 73.1 Å². The Bertz CT molecular complexity index is 520. The quantitative estimate of drug-likeness (QED) is 0.427. The summed E-state index contributed by atoms with van der Waals surface area (Å²) in [7, 11) is 0. The molecule has 4 fully saturated rings. The highest BCUT2D eigenvalue weighted by atomic mass is 14.6. The summed E-state index contributed by atoms with van der Waals surface area (Å²) < 4.78 is 0. The van der Waals surface area contributed by atoms with Crippen molar-refractivity contribution in [3.63, 3.8) is 0 Å². The fourth-order valence-electron chi connectivity index (χ4n) is 9.59. The third-order valence-electron chi connectivity index (χ3n) is 11.1. The normalized spacial score (nSPS) is 46.7. The van der Waals surface area contributed by atoms with Crippen molar-refractivity contribution in [2.45, 2.75) is 125 Å². The maximum absolute atomic E-state index is 2.77. The van der Waals surface area contributed by atoms with E-state index in [4.69, 9.17) is 0 Å². The number of rotatable bonds is 6. The molecule has 0 aliphatic heterocycles. The van der Waals surface area contributed by atoms with Gasteiger partial charge >= 0.3 is 0 Å². The lowest BCUT2D eigenvalue weighted by Crippen LogP contribution is -2.53. The van der Waals surface area contributed by atoms with E-state index in [1.54, 1.807) is 51.4 Å². The molecular formula is C28H50. The van der Waals surface area contributed by atoms with Crippen LogP contribution in [0, 0.1) is 52.3 Å². The lowest BCUT2D eigenvalue weighted by Gasteiger charge is -2.61. The van der Waals surface area contributed by atoms with Crippen LogP contribution in [0.4, 0.5) is 0 Å². The Morgan fingerprint density at radius 1 is 0.786 bits per heavy atom. The van der Waals surface area contributed by atoms with E-state index in [1.807, 2.05) is 0 Å². The lowest BCUT2D eigenvalue weighted by atomic mass is 9.44. The van der Waals surface area contributed by atoms with Gasteiger partial charge < -0.3 is 0 Å². The zero-order chi connectivity index (χ0) is 19.9. The molecule has 4 saturated carbocycles. The molecule has 4 aliphatic carbocycles. The molecule has 0 heteroatoms. The summed E-state index contributed by atoms with van der Waals surface area (Å²) >= 11 is 0. The Morgan fingerprint density at radius 2 is 1.57 bits per heavy atom. The molecule has 0 aromatic rings. The van der Waals surface area contributed by atoms with Crippen LogP contribution < -0.4 is 0 Å². The predicted molar refractivity (Wildman–Crippen MR) is 122 cm³/mol. The molecule has 0 N–H and O–H groups in total. The van der Waals surface area contributed by atoms with Crippen LogP contribution in [-0.4, -0.2) is 0 Å². The molecule has 28 heavy (non-hydrogen) atoms. The van der Waals surface area contributed by atoms with Gasteiger partial charge in [-0.3, -0.25) is 0 Å². The van der Waals surface area contributed by atoms with Crippen molar-refractivity contribution < 1.29 is 0 Å². The van der Waals surface area contributed by atoms with Gasteiger partial charge in [0, 0.05) is 0 Å². The predicted octanol–water partition coefficient (Wildman–Crippen LogP) is 8.89. The Hall–Kier alpha value is 0. The molecule has 0 amide bonds. The molecule has 0 spiro atoms. The van der Waals surface area contributed by atoms with Crippen molar-refractivity contribution in [1.82, 2.24) is 0 Å². The highest BCUT2D eigenvalue weighted by Crippen LogP contribution is 2.68. The second-order valence-electron chi connectivity index (χ2n) is 12.6. The zero-order valence-corrected chi connectivity index (χ0v) is 19.9. The molecule has 0 saturated heterocycles. The highest BCUT2D eigenvalue weighted by molar-refractivity contribution is 5.09. The summed E-state index contributed by atoms with van der Waals surface area (Å²) in [4.78, 5) is 0. The van der Waals surface area contributed by atoms with Crippen molar-refractivity contribution in [2.75, 3.05) is 0 Å². The molecule has 0 heterocycles. The van der Waals surface area contributed by atoms with Crippen LogP contribution in [0.2, 0.25) is 0 Å². The van der Waals surface area contributed by atoms with Gasteiger partial charge in [0.1, 0.15) is 0 Å². The van der Waals surface area contributed by atoms with Gasteiger partial charge in [0.2, 0.25) is 0 Å². The van der Waals surface area contributed by atoms with Crippen LogP contribution in [0.15, 0.2) is 0 Å². The molecule has 8 unspecified atom stereocenters. The third kappa shape index (κ3) is 3.51. The summed E-state index contributed by atoms with van der Waals surface area (Å²) in [6.45, 7) is 12.8. The molecule has 0 nitrogen and oxygen atoms in total. The largest absolute Gasteiger partial charge is 0.0651 e. The average molecular weight is 387 g/mol. The Labute approximate surface area is 177 Å². The second-order valence-corrected chi connectivity index (χ2v) is 12.6.